The Labute approximate surface area is 112 Å². The van der Waals surface area contributed by atoms with Crippen molar-refractivity contribution in [1.82, 2.24) is 4.98 Å². The zero-order valence-electron chi connectivity index (χ0n) is 10.0. The molecule has 0 aliphatic rings. The van der Waals surface area contributed by atoms with Crippen LogP contribution in [-0.4, -0.2) is 21.8 Å². The van der Waals surface area contributed by atoms with Crippen LogP contribution in [0, 0.1) is 5.82 Å². The van der Waals surface area contributed by atoms with Crippen LogP contribution >= 0.6 is 11.3 Å². The molecule has 19 heavy (non-hydrogen) atoms. The van der Waals surface area contributed by atoms with Crippen LogP contribution in [0.5, 0.6) is 0 Å². The van der Waals surface area contributed by atoms with Crippen LogP contribution in [0.4, 0.5) is 4.39 Å². The van der Waals surface area contributed by atoms with Crippen molar-refractivity contribution in [3.8, 4) is 0 Å². The molecule has 0 amide bonds. The summed E-state index contributed by atoms with van der Waals surface area (Å²) in [6, 6.07) is 5.86. The molecule has 1 N–H and O–H groups in total. The smallest absolute Gasteiger partial charge is 0.356 e. The quantitative estimate of drug-likeness (QED) is 0.874. The minimum atomic E-state index is -1.22. The van der Waals surface area contributed by atoms with E-state index in [9.17, 15) is 14.0 Å². The van der Waals surface area contributed by atoms with Gasteiger partial charge >= 0.3 is 5.97 Å². The largest absolute Gasteiger partial charge is 0.476 e. The van der Waals surface area contributed by atoms with Gasteiger partial charge in [-0.15, -0.1) is 11.3 Å². The Balaban J connectivity index is 2.31. The third kappa shape index (κ3) is 3.03. The fraction of sp³-hybridized carbons (Fsp3) is 0.154. The fourth-order valence-electron chi connectivity index (χ4n) is 1.60. The van der Waals surface area contributed by atoms with Crippen molar-refractivity contribution in [1.29, 1.82) is 0 Å². The summed E-state index contributed by atoms with van der Waals surface area (Å²) in [5.74, 6) is -1.87. The van der Waals surface area contributed by atoms with Crippen molar-refractivity contribution in [3.05, 3.63) is 51.2 Å². The van der Waals surface area contributed by atoms with Gasteiger partial charge in [0.2, 0.25) is 0 Å². The number of thiazole rings is 1. The average molecular weight is 279 g/mol. The van der Waals surface area contributed by atoms with Gasteiger partial charge < -0.3 is 5.11 Å². The monoisotopic (exact) mass is 279 g/mol. The first kappa shape index (κ1) is 13.4. The Kier molecular flexibility index (Phi) is 3.71. The van der Waals surface area contributed by atoms with Crippen molar-refractivity contribution >= 4 is 23.1 Å². The van der Waals surface area contributed by atoms with E-state index in [1.54, 1.807) is 12.1 Å². The van der Waals surface area contributed by atoms with E-state index in [0.717, 1.165) is 16.9 Å². The van der Waals surface area contributed by atoms with Crippen LogP contribution in [0.15, 0.2) is 24.3 Å². The van der Waals surface area contributed by atoms with Crippen molar-refractivity contribution in [2.45, 2.75) is 13.3 Å². The minimum absolute atomic E-state index is 0.143. The van der Waals surface area contributed by atoms with Crippen LogP contribution in [0.3, 0.4) is 0 Å². The maximum Gasteiger partial charge on any atom is 0.356 e. The van der Waals surface area contributed by atoms with Crippen LogP contribution in [0.1, 0.15) is 37.7 Å². The maximum absolute atomic E-state index is 12.8. The van der Waals surface area contributed by atoms with Gasteiger partial charge in [0, 0.05) is 13.3 Å². The Morgan fingerprint density at radius 3 is 2.42 bits per heavy atom. The fourth-order valence-corrected chi connectivity index (χ4v) is 2.59. The molecule has 1 aromatic heterocycles. The number of Topliss-reactive ketones (excluding diaryl/α,β-unsaturated/α-hetero) is 1. The highest BCUT2D eigenvalue weighted by molar-refractivity contribution is 7.14. The molecule has 0 unspecified atom stereocenters. The van der Waals surface area contributed by atoms with Crippen molar-refractivity contribution in [2.24, 2.45) is 0 Å². The molecule has 0 aliphatic carbocycles. The molecule has 6 heteroatoms. The molecular weight excluding hydrogens is 269 g/mol. The number of rotatable bonds is 4. The van der Waals surface area contributed by atoms with E-state index in [1.165, 1.54) is 19.1 Å². The van der Waals surface area contributed by atoms with Gasteiger partial charge in [0.1, 0.15) is 10.7 Å². The summed E-state index contributed by atoms with van der Waals surface area (Å²) < 4.78 is 12.8. The molecule has 1 aromatic carbocycles. The first-order valence-electron chi connectivity index (χ1n) is 5.45. The zero-order chi connectivity index (χ0) is 14.0. The zero-order valence-corrected chi connectivity index (χ0v) is 10.8. The molecule has 2 rings (SSSR count). The third-order valence-electron chi connectivity index (χ3n) is 2.46. The third-order valence-corrected chi connectivity index (χ3v) is 3.62. The predicted molar refractivity (Wildman–Crippen MR) is 68.3 cm³/mol. The summed E-state index contributed by atoms with van der Waals surface area (Å²) >= 11 is 1.06. The first-order chi connectivity index (χ1) is 8.97. The summed E-state index contributed by atoms with van der Waals surface area (Å²) in [5, 5.41) is 9.50. The molecule has 0 radical (unpaired) electrons. The summed E-state index contributed by atoms with van der Waals surface area (Å²) in [5.41, 5.74) is 0.594. The second kappa shape index (κ2) is 5.27. The molecule has 0 saturated carbocycles. The molecule has 4 nitrogen and oxygen atoms in total. The lowest BCUT2D eigenvalue weighted by molar-refractivity contribution is 0.0687. The number of carboxylic acids is 1. The second-order valence-corrected chi connectivity index (χ2v) is 5.03. The number of benzene rings is 1. The van der Waals surface area contributed by atoms with Crippen molar-refractivity contribution in [3.63, 3.8) is 0 Å². The molecule has 2 aromatic rings. The van der Waals surface area contributed by atoms with Gasteiger partial charge in [-0.05, 0) is 17.7 Å². The van der Waals surface area contributed by atoms with E-state index >= 15 is 0 Å². The topological polar surface area (TPSA) is 67.3 Å². The van der Waals surface area contributed by atoms with Gasteiger partial charge in [-0.2, -0.15) is 0 Å². The molecule has 98 valence electrons. The highest BCUT2D eigenvalue weighted by Gasteiger charge is 2.20. The molecule has 0 aliphatic heterocycles. The summed E-state index contributed by atoms with van der Waals surface area (Å²) in [6.07, 6.45) is 0.374. The molecule has 0 bridgehead atoms. The van der Waals surface area contributed by atoms with Crippen LogP contribution < -0.4 is 0 Å². The number of carbonyl (C=O) groups is 2. The lowest BCUT2D eigenvalue weighted by Gasteiger charge is -1.96. The predicted octanol–water partition coefficient (Wildman–Crippen LogP) is 2.77. The number of carbonyl (C=O) groups excluding carboxylic acids is 1. The van der Waals surface area contributed by atoms with Crippen LogP contribution in [0.25, 0.3) is 0 Å². The number of hydrogen-bond donors (Lipinski definition) is 1. The van der Waals surface area contributed by atoms with Gasteiger partial charge in [0.25, 0.3) is 0 Å². The van der Waals surface area contributed by atoms with Crippen LogP contribution in [0.2, 0.25) is 0 Å². The van der Waals surface area contributed by atoms with E-state index in [1.807, 2.05) is 0 Å². The SMILES string of the molecule is CC(=O)c1sc(Cc2ccc(F)cc2)nc1C(=O)O. The Bertz CT molecular complexity index is 602. The number of carboxylic acid groups (broad SMARTS) is 1. The molecule has 0 saturated heterocycles. The van der Waals surface area contributed by atoms with Gasteiger partial charge in [-0.3, -0.25) is 4.79 Å². The Morgan fingerprint density at radius 1 is 1.32 bits per heavy atom. The lowest BCUT2D eigenvalue weighted by Crippen LogP contribution is -2.03. The molecular formula is C13H10FNO3S. The molecule has 0 fully saturated rings. The first-order valence-corrected chi connectivity index (χ1v) is 6.27. The Morgan fingerprint density at radius 2 is 1.95 bits per heavy atom. The summed E-state index contributed by atoms with van der Waals surface area (Å²) in [6.45, 7) is 1.31. The average Bonchev–Trinajstić information content (AvgIpc) is 2.76. The summed E-state index contributed by atoms with van der Waals surface area (Å²) in [4.78, 5) is 26.4. The second-order valence-electron chi connectivity index (χ2n) is 3.95. The minimum Gasteiger partial charge on any atom is -0.476 e. The Hall–Kier alpha value is -2.08. The number of halogens is 1. The number of aromatic nitrogens is 1. The number of hydrogen-bond acceptors (Lipinski definition) is 4. The van der Waals surface area contributed by atoms with Crippen LogP contribution in [-0.2, 0) is 6.42 Å². The molecule has 1 heterocycles. The molecule has 0 spiro atoms. The highest BCUT2D eigenvalue weighted by atomic mass is 32.1. The number of ketones is 1. The number of nitrogens with zero attached hydrogens (tertiary/aromatic N) is 1. The number of aromatic carboxylic acids is 1. The van der Waals surface area contributed by atoms with Gasteiger partial charge in [-0.25, -0.2) is 14.2 Å². The van der Waals surface area contributed by atoms with E-state index in [-0.39, 0.29) is 22.2 Å². The molecule has 0 atom stereocenters. The lowest BCUT2D eigenvalue weighted by atomic mass is 10.1. The van der Waals surface area contributed by atoms with Crippen molar-refractivity contribution < 1.29 is 19.1 Å². The maximum atomic E-state index is 12.8. The normalized spacial score (nSPS) is 10.4. The van der Waals surface area contributed by atoms with Crippen molar-refractivity contribution in [2.75, 3.05) is 0 Å². The van der Waals surface area contributed by atoms with E-state index in [0.29, 0.717) is 11.4 Å². The van der Waals surface area contributed by atoms with E-state index in [4.69, 9.17) is 5.11 Å². The van der Waals surface area contributed by atoms with Gasteiger partial charge in [0.15, 0.2) is 11.5 Å². The van der Waals surface area contributed by atoms with Gasteiger partial charge in [-0.1, -0.05) is 12.1 Å². The van der Waals surface area contributed by atoms with E-state index in [2.05, 4.69) is 4.98 Å². The highest BCUT2D eigenvalue weighted by Crippen LogP contribution is 2.22. The standard InChI is InChI=1S/C13H10FNO3S/c1-7(16)12-11(13(17)18)15-10(19-12)6-8-2-4-9(14)5-3-8/h2-5H,6H2,1H3,(H,17,18). The summed E-state index contributed by atoms with van der Waals surface area (Å²) in [7, 11) is 0. The van der Waals surface area contributed by atoms with E-state index < -0.39 is 5.97 Å². The van der Waals surface area contributed by atoms with Gasteiger partial charge in [0.05, 0.1) is 5.01 Å².